The first-order valence-electron chi connectivity index (χ1n) is 6.06. The molecule has 0 atom stereocenters. The quantitative estimate of drug-likeness (QED) is 0.813. The first-order valence-corrected chi connectivity index (χ1v) is 7.01. The van der Waals surface area contributed by atoms with Gasteiger partial charge in [0, 0.05) is 19.2 Å². The van der Waals surface area contributed by atoms with Gasteiger partial charge in [0.1, 0.15) is 0 Å². The topological polar surface area (TPSA) is 46.6 Å². The summed E-state index contributed by atoms with van der Waals surface area (Å²) >= 11 is 1.61. The minimum Gasteiger partial charge on any atom is -0.465 e. The van der Waals surface area contributed by atoms with E-state index in [9.17, 15) is 9.59 Å². The summed E-state index contributed by atoms with van der Waals surface area (Å²) in [5.74, 6) is -0.483. The van der Waals surface area contributed by atoms with Crippen molar-refractivity contribution in [2.24, 2.45) is 0 Å². The molecule has 0 spiro atoms. The van der Waals surface area contributed by atoms with Crippen LogP contribution >= 0.6 is 11.3 Å². The van der Waals surface area contributed by atoms with Crippen LogP contribution in [-0.4, -0.2) is 30.9 Å². The molecule has 0 saturated carbocycles. The lowest BCUT2D eigenvalue weighted by Crippen LogP contribution is -2.26. The van der Waals surface area contributed by atoms with Gasteiger partial charge in [0.2, 0.25) is 0 Å². The van der Waals surface area contributed by atoms with E-state index in [0.29, 0.717) is 17.7 Å². The minimum absolute atomic E-state index is 0.0763. The van der Waals surface area contributed by atoms with Gasteiger partial charge in [0.25, 0.3) is 5.91 Å². The molecule has 0 aliphatic carbocycles. The number of ether oxygens (including phenoxy) is 1. The third-order valence-electron chi connectivity index (χ3n) is 2.90. The molecule has 0 unspecified atom stereocenters. The summed E-state index contributed by atoms with van der Waals surface area (Å²) < 4.78 is 4.62. The first-order chi connectivity index (χ1) is 9.61. The third kappa shape index (κ3) is 3.24. The van der Waals surface area contributed by atoms with Gasteiger partial charge in [0.15, 0.2) is 0 Å². The maximum Gasteiger partial charge on any atom is 0.337 e. The van der Waals surface area contributed by atoms with Gasteiger partial charge in [-0.3, -0.25) is 4.79 Å². The lowest BCUT2D eigenvalue weighted by atomic mass is 10.1. The zero-order chi connectivity index (χ0) is 14.5. The van der Waals surface area contributed by atoms with Gasteiger partial charge in [-0.2, -0.15) is 11.3 Å². The second-order valence-electron chi connectivity index (χ2n) is 4.36. The fraction of sp³-hybridized carbons (Fsp3) is 0.200. The SMILES string of the molecule is COC(=O)c1ccc(C(=O)N(C)Cc2ccsc2)cc1. The Morgan fingerprint density at radius 2 is 1.80 bits per heavy atom. The summed E-state index contributed by atoms with van der Waals surface area (Å²) in [5, 5.41) is 4.00. The van der Waals surface area contributed by atoms with Gasteiger partial charge in [0.05, 0.1) is 12.7 Å². The van der Waals surface area contributed by atoms with Gasteiger partial charge in [-0.1, -0.05) is 0 Å². The van der Waals surface area contributed by atoms with E-state index in [1.807, 2.05) is 16.8 Å². The van der Waals surface area contributed by atoms with Gasteiger partial charge >= 0.3 is 5.97 Å². The van der Waals surface area contributed by atoms with Crippen molar-refractivity contribution in [3.8, 4) is 0 Å². The molecule has 5 heteroatoms. The molecule has 0 bridgehead atoms. The summed E-state index contributed by atoms with van der Waals surface area (Å²) in [4.78, 5) is 25.2. The number of carbonyl (C=O) groups is 2. The molecule has 0 aliphatic heterocycles. The van der Waals surface area contributed by atoms with Crippen LogP contribution in [0.25, 0.3) is 0 Å². The molecule has 0 radical (unpaired) electrons. The van der Waals surface area contributed by atoms with E-state index in [-0.39, 0.29) is 5.91 Å². The number of esters is 1. The molecule has 1 aromatic carbocycles. The number of thiophene rings is 1. The predicted molar refractivity (Wildman–Crippen MR) is 77.9 cm³/mol. The fourth-order valence-corrected chi connectivity index (χ4v) is 2.48. The van der Waals surface area contributed by atoms with E-state index >= 15 is 0 Å². The zero-order valence-corrected chi connectivity index (χ0v) is 12.1. The van der Waals surface area contributed by atoms with Crippen LogP contribution in [-0.2, 0) is 11.3 Å². The van der Waals surface area contributed by atoms with Gasteiger partial charge in [-0.25, -0.2) is 4.79 Å². The number of rotatable bonds is 4. The van der Waals surface area contributed by atoms with Crippen LogP contribution in [0.4, 0.5) is 0 Å². The molecule has 1 heterocycles. The Morgan fingerprint density at radius 3 is 2.35 bits per heavy atom. The summed E-state index contributed by atoms with van der Waals surface area (Å²) in [7, 11) is 3.09. The Bertz CT molecular complexity index is 590. The number of carbonyl (C=O) groups excluding carboxylic acids is 2. The van der Waals surface area contributed by atoms with Gasteiger partial charge < -0.3 is 9.64 Å². The van der Waals surface area contributed by atoms with Crippen LogP contribution in [0.2, 0.25) is 0 Å². The highest BCUT2D eigenvalue weighted by atomic mass is 32.1. The molecule has 0 saturated heterocycles. The summed E-state index contributed by atoms with van der Waals surface area (Å²) in [5.41, 5.74) is 2.09. The lowest BCUT2D eigenvalue weighted by molar-refractivity contribution is 0.0600. The van der Waals surface area contributed by atoms with Crippen molar-refractivity contribution >= 4 is 23.2 Å². The monoisotopic (exact) mass is 289 g/mol. The van der Waals surface area contributed by atoms with Crippen molar-refractivity contribution in [2.45, 2.75) is 6.54 Å². The second kappa shape index (κ2) is 6.34. The molecule has 0 aliphatic rings. The highest BCUT2D eigenvalue weighted by Gasteiger charge is 2.13. The molecule has 2 rings (SSSR count). The minimum atomic E-state index is -0.407. The van der Waals surface area contributed by atoms with E-state index < -0.39 is 5.97 Å². The Labute approximate surface area is 121 Å². The molecule has 0 fully saturated rings. The smallest absolute Gasteiger partial charge is 0.337 e. The van der Waals surface area contributed by atoms with Crippen molar-refractivity contribution in [1.82, 2.24) is 4.90 Å². The van der Waals surface area contributed by atoms with Crippen LogP contribution < -0.4 is 0 Å². The molecule has 104 valence electrons. The Balaban J connectivity index is 2.07. The van der Waals surface area contributed by atoms with Gasteiger partial charge in [-0.15, -0.1) is 0 Å². The molecule has 1 amide bonds. The Kier molecular flexibility index (Phi) is 4.53. The number of methoxy groups -OCH3 is 1. The largest absolute Gasteiger partial charge is 0.465 e. The van der Waals surface area contributed by atoms with Crippen LogP contribution in [0.15, 0.2) is 41.1 Å². The first kappa shape index (κ1) is 14.3. The van der Waals surface area contributed by atoms with Crippen LogP contribution in [0.3, 0.4) is 0 Å². The van der Waals surface area contributed by atoms with Crippen LogP contribution in [0, 0.1) is 0 Å². The van der Waals surface area contributed by atoms with E-state index in [0.717, 1.165) is 5.56 Å². The molecule has 4 nitrogen and oxygen atoms in total. The molecule has 1 aromatic heterocycles. The highest BCUT2D eigenvalue weighted by Crippen LogP contribution is 2.12. The summed E-state index contributed by atoms with van der Waals surface area (Å²) in [6.45, 7) is 0.571. The maximum atomic E-state index is 12.2. The second-order valence-corrected chi connectivity index (χ2v) is 5.14. The molecule has 2 aromatic rings. The van der Waals surface area contributed by atoms with Crippen molar-refractivity contribution in [1.29, 1.82) is 0 Å². The predicted octanol–water partition coefficient (Wildman–Crippen LogP) is 2.81. The van der Waals surface area contributed by atoms with Gasteiger partial charge in [-0.05, 0) is 46.7 Å². The van der Waals surface area contributed by atoms with E-state index in [2.05, 4.69) is 4.74 Å². The zero-order valence-electron chi connectivity index (χ0n) is 11.3. The molecular formula is C15H15NO3S. The summed E-state index contributed by atoms with van der Waals surface area (Å²) in [6.07, 6.45) is 0. The lowest BCUT2D eigenvalue weighted by Gasteiger charge is -2.16. The normalized spacial score (nSPS) is 10.1. The molecule has 20 heavy (non-hydrogen) atoms. The van der Waals surface area contributed by atoms with Crippen molar-refractivity contribution in [2.75, 3.05) is 14.2 Å². The Hall–Kier alpha value is -2.14. The van der Waals surface area contributed by atoms with Crippen LogP contribution in [0.1, 0.15) is 26.3 Å². The third-order valence-corrected chi connectivity index (χ3v) is 3.63. The number of hydrogen-bond donors (Lipinski definition) is 0. The van der Waals surface area contributed by atoms with Crippen molar-refractivity contribution in [3.63, 3.8) is 0 Å². The fourth-order valence-electron chi connectivity index (χ4n) is 1.82. The average Bonchev–Trinajstić information content (AvgIpc) is 2.98. The molecule has 0 N–H and O–H groups in total. The highest BCUT2D eigenvalue weighted by molar-refractivity contribution is 7.07. The summed E-state index contributed by atoms with van der Waals surface area (Å²) in [6, 6.07) is 8.46. The average molecular weight is 289 g/mol. The Morgan fingerprint density at radius 1 is 1.15 bits per heavy atom. The number of hydrogen-bond acceptors (Lipinski definition) is 4. The number of nitrogens with zero attached hydrogens (tertiary/aromatic N) is 1. The van der Waals surface area contributed by atoms with Crippen molar-refractivity contribution < 1.29 is 14.3 Å². The van der Waals surface area contributed by atoms with E-state index in [1.54, 1.807) is 47.5 Å². The molecular weight excluding hydrogens is 274 g/mol. The maximum absolute atomic E-state index is 12.2. The number of benzene rings is 1. The van der Waals surface area contributed by atoms with Crippen LogP contribution in [0.5, 0.6) is 0 Å². The number of amides is 1. The van der Waals surface area contributed by atoms with Crippen molar-refractivity contribution in [3.05, 3.63) is 57.8 Å². The van der Waals surface area contributed by atoms with E-state index in [1.165, 1.54) is 7.11 Å². The standard InChI is InChI=1S/C15H15NO3S/c1-16(9-11-7-8-20-10-11)14(17)12-3-5-13(6-4-12)15(18)19-2/h3-8,10H,9H2,1-2H3. The van der Waals surface area contributed by atoms with E-state index in [4.69, 9.17) is 0 Å².